The van der Waals surface area contributed by atoms with Crippen LogP contribution in [0.1, 0.15) is 42.9 Å². The topological polar surface area (TPSA) is 25.8 Å². The molecule has 20 heavy (non-hydrogen) atoms. The molecule has 1 saturated carbocycles. The van der Waals surface area contributed by atoms with Crippen LogP contribution in [0.2, 0.25) is 10.2 Å². The van der Waals surface area contributed by atoms with Crippen LogP contribution in [0.5, 0.6) is 0 Å². The summed E-state index contributed by atoms with van der Waals surface area (Å²) in [5, 5.41) is 1.25. The standard InChI is InChI=1S/C16H16Cl2N2/c1-10-8-12(17)6-7-13(10)16-19-14(9-15(18)20-16)11-4-2-3-5-11/h6-9,11H,2-5H2,1H3. The van der Waals surface area contributed by atoms with Crippen molar-refractivity contribution in [2.24, 2.45) is 0 Å². The lowest BCUT2D eigenvalue weighted by Crippen LogP contribution is -2.01. The summed E-state index contributed by atoms with van der Waals surface area (Å²) in [5.41, 5.74) is 3.14. The van der Waals surface area contributed by atoms with Crippen LogP contribution in [0, 0.1) is 6.92 Å². The lowest BCUT2D eigenvalue weighted by Gasteiger charge is -2.12. The van der Waals surface area contributed by atoms with Gasteiger partial charge >= 0.3 is 0 Å². The molecule has 1 aliphatic rings. The summed E-state index contributed by atoms with van der Waals surface area (Å²) in [4.78, 5) is 9.11. The van der Waals surface area contributed by atoms with Crippen molar-refractivity contribution in [2.75, 3.05) is 0 Å². The van der Waals surface area contributed by atoms with Gasteiger partial charge in [0, 0.05) is 22.2 Å². The van der Waals surface area contributed by atoms with E-state index in [1.807, 2.05) is 31.2 Å². The third-order valence-corrected chi connectivity index (χ3v) is 4.35. The smallest absolute Gasteiger partial charge is 0.161 e. The van der Waals surface area contributed by atoms with Crippen molar-refractivity contribution >= 4 is 23.2 Å². The van der Waals surface area contributed by atoms with Crippen LogP contribution in [0.4, 0.5) is 0 Å². The van der Waals surface area contributed by atoms with Gasteiger partial charge in [-0.3, -0.25) is 0 Å². The summed E-state index contributed by atoms with van der Waals surface area (Å²) >= 11 is 12.2. The second-order valence-electron chi connectivity index (χ2n) is 5.38. The molecule has 2 nitrogen and oxygen atoms in total. The fourth-order valence-electron chi connectivity index (χ4n) is 2.86. The van der Waals surface area contributed by atoms with Gasteiger partial charge in [-0.05, 0) is 49.6 Å². The number of benzene rings is 1. The molecule has 0 unspecified atom stereocenters. The van der Waals surface area contributed by atoms with Crippen LogP contribution in [0.25, 0.3) is 11.4 Å². The number of hydrogen-bond acceptors (Lipinski definition) is 2. The van der Waals surface area contributed by atoms with Gasteiger partial charge in [-0.1, -0.05) is 36.0 Å². The van der Waals surface area contributed by atoms with Crippen molar-refractivity contribution in [3.8, 4) is 11.4 Å². The van der Waals surface area contributed by atoms with E-state index in [0.717, 1.165) is 21.8 Å². The molecule has 0 aliphatic heterocycles. The Hall–Kier alpha value is -1.12. The minimum Gasteiger partial charge on any atom is -0.233 e. The third-order valence-electron chi connectivity index (χ3n) is 3.92. The largest absolute Gasteiger partial charge is 0.233 e. The first kappa shape index (κ1) is 13.8. The van der Waals surface area contributed by atoms with Gasteiger partial charge in [-0.25, -0.2) is 9.97 Å². The van der Waals surface area contributed by atoms with Crippen molar-refractivity contribution in [2.45, 2.75) is 38.5 Å². The zero-order valence-corrected chi connectivity index (χ0v) is 12.9. The van der Waals surface area contributed by atoms with Crippen molar-refractivity contribution in [1.29, 1.82) is 0 Å². The molecule has 104 valence electrons. The van der Waals surface area contributed by atoms with Gasteiger partial charge < -0.3 is 0 Å². The lowest BCUT2D eigenvalue weighted by molar-refractivity contribution is 0.695. The van der Waals surface area contributed by atoms with Gasteiger partial charge in [-0.2, -0.15) is 0 Å². The number of hydrogen-bond donors (Lipinski definition) is 0. The highest BCUT2D eigenvalue weighted by molar-refractivity contribution is 6.30. The van der Waals surface area contributed by atoms with Crippen molar-refractivity contribution in [3.05, 3.63) is 45.7 Å². The zero-order valence-electron chi connectivity index (χ0n) is 11.4. The summed E-state index contributed by atoms with van der Waals surface area (Å²) in [5.74, 6) is 1.23. The summed E-state index contributed by atoms with van der Waals surface area (Å²) in [6.45, 7) is 2.01. The Balaban J connectivity index is 2.04. The maximum absolute atomic E-state index is 6.18. The Labute approximate surface area is 129 Å². The number of nitrogens with zero attached hydrogens (tertiary/aromatic N) is 2. The molecule has 3 rings (SSSR count). The fourth-order valence-corrected chi connectivity index (χ4v) is 3.28. The Kier molecular flexibility index (Phi) is 3.95. The molecule has 1 aliphatic carbocycles. The quantitative estimate of drug-likeness (QED) is 0.693. The normalized spacial score (nSPS) is 15.8. The van der Waals surface area contributed by atoms with Crippen LogP contribution in [0.3, 0.4) is 0 Å². The molecule has 0 bridgehead atoms. The van der Waals surface area contributed by atoms with E-state index in [9.17, 15) is 0 Å². The number of halogens is 2. The summed E-state index contributed by atoms with van der Waals surface area (Å²) in [6, 6.07) is 7.66. The Morgan fingerprint density at radius 2 is 1.80 bits per heavy atom. The summed E-state index contributed by atoms with van der Waals surface area (Å²) < 4.78 is 0. The van der Waals surface area contributed by atoms with E-state index in [4.69, 9.17) is 28.2 Å². The highest BCUT2D eigenvalue weighted by Gasteiger charge is 2.20. The highest BCUT2D eigenvalue weighted by Crippen LogP contribution is 2.35. The van der Waals surface area contributed by atoms with Gasteiger partial charge in [0.2, 0.25) is 0 Å². The molecule has 1 fully saturated rings. The van der Waals surface area contributed by atoms with Crippen LogP contribution in [0.15, 0.2) is 24.3 Å². The van der Waals surface area contributed by atoms with Gasteiger partial charge in [-0.15, -0.1) is 0 Å². The first-order chi connectivity index (χ1) is 9.63. The number of aryl methyl sites for hydroxylation is 1. The summed E-state index contributed by atoms with van der Waals surface area (Å²) in [7, 11) is 0. The molecule has 1 heterocycles. The van der Waals surface area contributed by atoms with E-state index >= 15 is 0 Å². The molecule has 0 radical (unpaired) electrons. The maximum Gasteiger partial charge on any atom is 0.161 e. The van der Waals surface area contributed by atoms with Gasteiger partial charge in [0.1, 0.15) is 5.15 Å². The predicted molar refractivity (Wildman–Crippen MR) is 83.4 cm³/mol. The first-order valence-electron chi connectivity index (χ1n) is 6.94. The zero-order chi connectivity index (χ0) is 14.1. The SMILES string of the molecule is Cc1cc(Cl)ccc1-c1nc(Cl)cc(C2CCCC2)n1. The Bertz CT molecular complexity index is 634. The number of rotatable bonds is 2. The average Bonchev–Trinajstić information content (AvgIpc) is 2.91. The minimum absolute atomic E-state index is 0.520. The molecule has 1 aromatic heterocycles. The van der Waals surface area contributed by atoms with E-state index < -0.39 is 0 Å². The van der Waals surface area contributed by atoms with E-state index in [1.165, 1.54) is 25.7 Å². The molecule has 4 heteroatoms. The van der Waals surface area contributed by atoms with Crippen LogP contribution in [-0.2, 0) is 0 Å². The second kappa shape index (κ2) is 5.71. The van der Waals surface area contributed by atoms with Gasteiger partial charge in [0.05, 0.1) is 0 Å². The van der Waals surface area contributed by atoms with Crippen LogP contribution in [-0.4, -0.2) is 9.97 Å². The molecule has 2 aromatic rings. The molecule has 0 amide bonds. The molecule has 0 atom stereocenters. The van der Waals surface area contributed by atoms with Crippen LogP contribution >= 0.6 is 23.2 Å². The Morgan fingerprint density at radius 1 is 1.05 bits per heavy atom. The first-order valence-corrected chi connectivity index (χ1v) is 7.70. The molecule has 0 saturated heterocycles. The summed E-state index contributed by atoms with van der Waals surface area (Å²) in [6.07, 6.45) is 4.96. The molecular formula is C16H16Cl2N2. The van der Waals surface area contributed by atoms with E-state index in [1.54, 1.807) is 0 Å². The average molecular weight is 307 g/mol. The predicted octanol–water partition coefficient (Wildman–Crippen LogP) is 5.42. The number of aromatic nitrogens is 2. The van der Waals surface area contributed by atoms with Gasteiger partial charge in [0.25, 0.3) is 0 Å². The molecular weight excluding hydrogens is 291 g/mol. The molecule has 0 spiro atoms. The van der Waals surface area contributed by atoms with E-state index in [0.29, 0.717) is 16.9 Å². The van der Waals surface area contributed by atoms with Crippen LogP contribution < -0.4 is 0 Å². The van der Waals surface area contributed by atoms with Crippen molar-refractivity contribution in [3.63, 3.8) is 0 Å². The van der Waals surface area contributed by atoms with Crippen molar-refractivity contribution < 1.29 is 0 Å². The van der Waals surface area contributed by atoms with E-state index in [2.05, 4.69) is 4.98 Å². The minimum atomic E-state index is 0.520. The van der Waals surface area contributed by atoms with E-state index in [-0.39, 0.29) is 0 Å². The monoisotopic (exact) mass is 306 g/mol. The molecule has 1 aromatic carbocycles. The lowest BCUT2D eigenvalue weighted by atomic mass is 10.0. The fraction of sp³-hybridized carbons (Fsp3) is 0.375. The van der Waals surface area contributed by atoms with Gasteiger partial charge in [0.15, 0.2) is 5.82 Å². The maximum atomic E-state index is 6.18. The third kappa shape index (κ3) is 2.82. The van der Waals surface area contributed by atoms with Crippen molar-refractivity contribution in [1.82, 2.24) is 9.97 Å². The highest BCUT2D eigenvalue weighted by atomic mass is 35.5. The second-order valence-corrected chi connectivity index (χ2v) is 6.20. The Morgan fingerprint density at radius 3 is 2.50 bits per heavy atom. The molecule has 0 N–H and O–H groups in total.